The van der Waals surface area contributed by atoms with Gasteiger partial charge in [0.15, 0.2) is 0 Å². The van der Waals surface area contributed by atoms with Crippen molar-refractivity contribution in [1.29, 1.82) is 0 Å². The van der Waals surface area contributed by atoms with E-state index in [2.05, 4.69) is 5.32 Å². The zero-order chi connectivity index (χ0) is 20.5. The molecule has 29 heavy (non-hydrogen) atoms. The quantitative estimate of drug-likeness (QED) is 0.613. The molecule has 1 fully saturated rings. The van der Waals surface area contributed by atoms with Gasteiger partial charge < -0.3 is 10.2 Å². The third-order valence-electron chi connectivity index (χ3n) is 5.39. The molecule has 0 aliphatic heterocycles. The van der Waals surface area contributed by atoms with Crippen molar-refractivity contribution in [2.24, 2.45) is 0 Å². The highest BCUT2D eigenvalue weighted by Crippen LogP contribution is 2.21. The Morgan fingerprint density at radius 3 is 2.28 bits per heavy atom. The highest BCUT2D eigenvalue weighted by molar-refractivity contribution is 8.00. The summed E-state index contributed by atoms with van der Waals surface area (Å²) < 4.78 is 0. The summed E-state index contributed by atoms with van der Waals surface area (Å²) in [5.41, 5.74) is 1.04. The number of hydrogen-bond acceptors (Lipinski definition) is 3. The molecule has 1 N–H and O–H groups in total. The lowest BCUT2D eigenvalue weighted by Gasteiger charge is -2.31. The molecule has 0 heterocycles. The van der Waals surface area contributed by atoms with Crippen molar-refractivity contribution in [1.82, 2.24) is 10.2 Å². The topological polar surface area (TPSA) is 49.4 Å². The molecular formula is C24H30N2O2S. The molecule has 0 unspecified atom stereocenters. The van der Waals surface area contributed by atoms with E-state index in [0.717, 1.165) is 23.3 Å². The standard InChI is InChI=1S/C24H30N2O2S/c1-2-22(24(28)25-20-13-9-10-14-20)26(17-19-11-5-3-6-12-19)23(27)18-29-21-15-7-4-8-16-21/h3-8,11-12,15-16,20,22H,2,9-10,13-14,17-18H2,1H3,(H,25,28)/t22-/m0/s1. The molecule has 2 aromatic carbocycles. The molecule has 1 aliphatic rings. The van der Waals surface area contributed by atoms with Crippen molar-refractivity contribution >= 4 is 23.6 Å². The third kappa shape index (κ3) is 6.36. The average Bonchev–Trinajstić information content (AvgIpc) is 3.26. The molecule has 0 aromatic heterocycles. The van der Waals surface area contributed by atoms with E-state index in [1.807, 2.05) is 67.6 Å². The van der Waals surface area contributed by atoms with Crippen LogP contribution in [0.5, 0.6) is 0 Å². The molecule has 0 saturated heterocycles. The lowest BCUT2D eigenvalue weighted by Crippen LogP contribution is -2.51. The van der Waals surface area contributed by atoms with Gasteiger partial charge >= 0.3 is 0 Å². The fourth-order valence-electron chi connectivity index (χ4n) is 3.81. The first-order valence-corrected chi connectivity index (χ1v) is 11.5. The van der Waals surface area contributed by atoms with Crippen LogP contribution in [-0.2, 0) is 16.1 Å². The fraction of sp³-hybridized carbons (Fsp3) is 0.417. The van der Waals surface area contributed by atoms with Gasteiger partial charge in [0.05, 0.1) is 5.75 Å². The van der Waals surface area contributed by atoms with Gasteiger partial charge in [-0.2, -0.15) is 0 Å². The Labute approximate surface area is 178 Å². The van der Waals surface area contributed by atoms with Crippen molar-refractivity contribution in [3.8, 4) is 0 Å². The molecule has 0 spiro atoms. The number of hydrogen-bond donors (Lipinski definition) is 1. The predicted molar refractivity (Wildman–Crippen MR) is 119 cm³/mol. The lowest BCUT2D eigenvalue weighted by molar-refractivity contribution is -0.139. The van der Waals surface area contributed by atoms with Crippen LogP contribution in [0.1, 0.15) is 44.6 Å². The van der Waals surface area contributed by atoms with E-state index in [1.165, 1.54) is 24.6 Å². The van der Waals surface area contributed by atoms with Gasteiger partial charge in [-0.05, 0) is 37.0 Å². The summed E-state index contributed by atoms with van der Waals surface area (Å²) in [7, 11) is 0. The first-order chi connectivity index (χ1) is 14.2. The second-order valence-electron chi connectivity index (χ2n) is 7.52. The first-order valence-electron chi connectivity index (χ1n) is 10.5. The zero-order valence-corrected chi connectivity index (χ0v) is 17.9. The molecule has 0 radical (unpaired) electrons. The van der Waals surface area contributed by atoms with E-state index in [1.54, 1.807) is 4.90 Å². The van der Waals surface area contributed by atoms with Crippen molar-refractivity contribution < 1.29 is 9.59 Å². The van der Waals surface area contributed by atoms with Crippen LogP contribution < -0.4 is 5.32 Å². The number of carbonyl (C=O) groups excluding carboxylic acids is 2. The summed E-state index contributed by atoms with van der Waals surface area (Å²) in [5, 5.41) is 3.19. The van der Waals surface area contributed by atoms with E-state index in [9.17, 15) is 9.59 Å². The first kappa shape index (κ1) is 21.4. The van der Waals surface area contributed by atoms with Gasteiger partial charge in [-0.25, -0.2) is 0 Å². The lowest BCUT2D eigenvalue weighted by atomic mass is 10.1. The molecule has 2 amide bonds. The number of nitrogens with one attached hydrogen (secondary N) is 1. The van der Waals surface area contributed by atoms with E-state index in [4.69, 9.17) is 0 Å². The zero-order valence-electron chi connectivity index (χ0n) is 17.0. The van der Waals surface area contributed by atoms with E-state index >= 15 is 0 Å². The van der Waals surface area contributed by atoms with Crippen LogP contribution in [0.4, 0.5) is 0 Å². The van der Waals surface area contributed by atoms with Gasteiger partial charge in [-0.15, -0.1) is 11.8 Å². The molecule has 1 saturated carbocycles. The molecule has 2 aromatic rings. The van der Waals surface area contributed by atoms with Gasteiger partial charge in [0.2, 0.25) is 11.8 Å². The Morgan fingerprint density at radius 1 is 1.03 bits per heavy atom. The van der Waals surface area contributed by atoms with Crippen molar-refractivity contribution in [3.63, 3.8) is 0 Å². The maximum Gasteiger partial charge on any atom is 0.243 e. The van der Waals surface area contributed by atoms with Gasteiger partial charge in [0.25, 0.3) is 0 Å². The fourth-order valence-corrected chi connectivity index (χ4v) is 4.62. The largest absolute Gasteiger partial charge is 0.352 e. The summed E-state index contributed by atoms with van der Waals surface area (Å²) >= 11 is 1.52. The second kappa shape index (κ2) is 11.1. The van der Waals surface area contributed by atoms with Gasteiger partial charge in [0.1, 0.15) is 6.04 Å². The number of amides is 2. The molecule has 5 heteroatoms. The molecule has 3 rings (SSSR count). The summed E-state index contributed by atoms with van der Waals surface area (Å²) in [5.74, 6) is 0.300. The van der Waals surface area contributed by atoms with Crippen LogP contribution >= 0.6 is 11.8 Å². The van der Waals surface area contributed by atoms with Crippen molar-refractivity contribution in [2.75, 3.05) is 5.75 Å². The smallest absolute Gasteiger partial charge is 0.243 e. The minimum atomic E-state index is -0.445. The van der Waals surface area contributed by atoms with Gasteiger partial charge in [-0.3, -0.25) is 9.59 Å². The van der Waals surface area contributed by atoms with Crippen LogP contribution in [0, 0.1) is 0 Å². The summed E-state index contributed by atoms with van der Waals surface area (Å²) in [6.45, 7) is 2.43. The number of carbonyl (C=O) groups is 2. The number of nitrogens with zero attached hydrogens (tertiary/aromatic N) is 1. The Hall–Kier alpha value is -2.27. The summed E-state index contributed by atoms with van der Waals surface area (Å²) in [6.07, 6.45) is 5.02. The number of rotatable bonds is 9. The second-order valence-corrected chi connectivity index (χ2v) is 8.57. The summed E-state index contributed by atoms with van der Waals surface area (Å²) in [4.78, 5) is 29.0. The van der Waals surface area contributed by atoms with Crippen LogP contribution in [-0.4, -0.2) is 34.6 Å². The van der Waals surface area contributed by atoms with Gasteiger partial charge in [0, 0.05) is 17.5 Å². The summed E-state index contributed by atoms with van der Waals surface area (Å²) in [6, 6.07) is 19.6. The highest BCUT2D eigenvalue weighted by Gasteiger charge is 2.30. The Kier molecular flexibility index (Phi) is 8.17. The van der Waals surface area contributed by atoms with E-state index in [0.29, 0.717) is 18.7 Å². The highest BCUT2D eigenvalue weighted by atomic mass is 32.2. The minimum absolute atomic E-state index is 0.00359. The van der Waals surface area contributed by atoms with Crippen molar-refractivity contribution in [2.45, 2.75) is 62.6 Å². The van der Waals surface area contributed by atoms with E-state index in [-0.39, 0.29) is 17.9 Å². The molecule has 0 bridgehead atoms. The van der Waals surface area contributed by atoms with Gasteiger partial charge in [-0.1, -0.05) is 68.3 Å². The molecule has 1 aliphatic carbocycles. The maximum absolute atomic E-state index is 13.2. The molecule has 1 atom stereocenters. The normalized spacial score (nSPS) is 15.1. The minimum Gasteiger partial charge on any atom is -0.352 e. The van der Waals surface area contributed by atoms with E-state index < -0.39 is 6.04 Å². The Morgan fingerprint density at radius 2 is 1.66 bits per heavy atom. The Balaban J connectivity index is 1.72. The Bertz CT molecular complexity index is 776. The van der Waals surface area contributed by atoms with Crippen LogP contribution in [0.3, 0.4) is 0 Å². The number of benzene rings is 2. The average molecular weight is 411 g/mol. The SMILES string of the molecule is CC[C@@H](C(=O)NC1CCCC1)N(Cc1ccccc1)C(=O)CSc1ccccc1. The van der Waals surface area contributed by atoms with Crippen molar-refractivity contribution in [3.05, 3.63) is 66.2 Å². The molecular weight excluding hydrogens is 380 g/mol. The third-order valence-corrected chi connectivity index (χ3v) is 6.39. The van der Waals surface area contributed by atoms with Crippen LogP contribution in [0.2, 0.25) is 0 Å². The predicted octanol–water partition coefficient (Wildman–Crippen LogP) is 4.64. The molecule has 4 nitrogen and oxygen atoms in total. The molecule has 154 valence electrons. The van der Waals surface area contributed by atoms with Crippen LogP contribution in [0.25, 0.3) is 0 Å². The van der Waals surface area contributed by atoms with Crippen LogP contribution in [0.15, 0.2) is 65.6 Å². The monoisotopic (exact) mass is 410 g/mol. The maximum atomic E-state index is 13.2. The number of thioether (sulfide) groups is 1.